The molecule has 0 spiro atoms. The van der Waals surface area contributed by atoms with Crippen LogP contribution in [0.2, 0.25) is 0 Å². The number of nitrogens with zero attached hydrogens (tertiary/aromatic N) is 3. The van der Waals surface area contributed by atoms with Crippen LogP contribution in [0.3, 0.4) is 0 Å². The van der Waals surface area contributed by atoms with Crippen molar-refractivity contribution >= 4 is 37.4 Å². The van der Waals surface area contributed by atoms with Crippen LogP contribution in [0.25, 0.3) is 5.57 Å². The number of rotatable bonds is 10. The van der Waals surface area contributed by atoms with Crippen molar-refractivity contribution in [3.8, 4) is 11.5 Å². The Labute approximate surface area is 292 Å². The zero-order valence-corrected chi connectivity index (χ0v) is 29.6. The number of nitrogens with two attached hydrogens (primary N) is 1. The number of hydrogen-bond donors (Lipinski definition) is 1. The molecule has 1 fully saturated rings. The third kappa shape index (κ3) is 7.45. The number of carbonyl (C=O) groups is 1. The fourth-order valence-corrected chi connectivity index (χ4v) is 8.80. The van der Waals surface area contributed by atoms with E-state index in [1.165, 1.54) is 0 Å². The molecule has 14 heteroatoms. The van der Waals surface area contributed by atoms with Crippen LogP contribution < -0.4 is 30.1 Å². The third-order valence-corrected chi connectivity index (χ3v) is 11.7. The number of ether oxygens (including phenoxy) is 1. The molecule has 0 saturated carbocycles. The monoisotopic (exact) mass is 722 g/mol. The topological polar surface area (TPSA) is 167 Å². The van der Waals surface area contributed by atoms with Crippen LogP contribution in [0, 0.1) is 0 Å². The predicted molar refractivity (Wildman–Crippen MR) is 186 cm³/mol. The number of piperazine rings is 1. The highest BCUT2D eigenvalue weighted by Crippen LogP contribution is 2.42. The number of aryl methyl sites for hydroxylation is 2. The van der Waals surface area contributed by atoms with E-state index in [4.69, 9.17) is 4.74 Å². The zero-order valence-electron chi connectivity index (χ0n) is 27.9. The quantitative estimate of drug-likeness (QED) is 0.177. The van der Waals surface area contributed by atoms with Gasteiger partial charge >= 0.3 is 0 Å². The van der Waals surface area contributed by atoms with E-state index in [0.717, 1.165) is 96.0 Å². The standard InChI is InChI=1S/C36H42N4O8S2/c41-36(40-17-11-37-12-18-40)28-10-2-1-9-27(28)35-29-21-25-7-3-13-38(15-5-19-49(42,43)44)31(25)23-33(29)48-34-24-32-26(22-30(34)35)8-4-14-39(32)16-6-20-50(45,46)47/h1-2,9-10,21-24,37H,3-8,11-20H2,(H-,42,43,44,45,46,47). The first-order valence-electron chi connectivity index (χ1n) is 17.4. The number of quaternary nitrogens is 1. The van der Waals surface area contributed by atoms with E-state index in [9.17, 15) is 30.7 Å². The Morgan fingerprint density at radius 1 is 0.840 bits per heavy atom. The average Bonchev–Trinajstić information content (AvgIpc) is 3.08. The minimum atomic E-state index is -4.32. The van der Waals surface area contributed by atoms with Gasteiger partial charge in [0.2, 0.25) is 5.36 Å². The van der Waals surface area contributed by atoms with E-state index in [1.807, 2.05) is 41.3 Å². The molecule has 4 heterocycles. The van der Waals surface area contributed by atoms with Gasteiger partial charge in [0.15, 0.2) is 0 Å². The second-order valence-corrected chi connectivity index (χ2v) is 16.6. The van der Waals surface area contributed by atoms with Gasteiger partial charge in [-0.3, -0.25) is 4.79 Å². The Hall–Kier alpha value is -3.82. The van der Waals surface area contributed by atoms with Crippen LogP contribution in [-0.4, -0.2) is 101 Å². The third-order valence-electron chi connectivity index (χ3n) is 10.1. The van der Waals surface area contributed by atoms with Gasteiger partial charge in [0.05, 0.1) is 52.5 Å². The molecule has 0 unspecified atom stereocenters. The molecule has 0 aromatic heterocycles. The van der Waals surface area contributed by atoms with Crippen LogP contribution in [0.4, 0.5) is 5.69 Å². The summed E-state index contributed by atoms with van der Waals surface area (Å²) in [6.07, 6.45) is 3.84. The maximum atomic E-state index is 14.1. The summed E-state index contributed by atoms with van der Waals surface area (Å²) < 4.78 is 76.8. The minimum Gasteiger partial charge on any atom is -0.748 e. The molecule has 0 atom stereocenters. The fraction of sp³-hybridized carbons (Fsp3) is 0.444. The molecule has 12 nitrogen and oxygen atoms in total. The molecular formula is C36H42N4O8S2. The largest absolute Gasteiger partial charge is 0.748 e. The summed E-state index contributed by atoms with van der Waals surface area (Å²) in [7, 11) is -8.64. The van der Waals surface area contributed by atoms with Gasteiger partial charge < -0.3 is 29.0 Å². The number of carbonyl (C=O) groups excluding carboxylic acids is 1. The zero-order chi connectivity index (χ0) is 35.0. The molecule has 50 heavy (non-hydrogen) atoms. The van der Waals surface area contributed by atoms with Crippen molar-refractivity contribution in [1.29, 1.82) is 0 Å². The smallest absolute Gasteiger partial charge is 0.254 e. The molecule has 0 aliphatic carbocycles. The minimum absolute atomic E-state index is 0.00860. The van der Waals surface area contributed by atoms with E-state index in [1.54, 1.807) is 0 Å². The Balaban J connectivity index is 1.40. The number of amides is 1. The first-order valence-corrected chi connectivity index (χ1v) is 20.6. The highest BCUT2D eigenvalue weighted by atomic mass is 32.2. The average molecular weight is 723 g/mol. The number of hydrogen-bond acceptors (Lipinski definition) is 9. The maximum absolute atomic E-state index is 14.1. The van der Waals surface area contributed by atoms with E-state index >= 15 is 0 Å². The highest BCUT2D eigenvalue weighted by molar-refractivity contribution is 7.85. The van der Waals surface area contributed by atoms with Gasteiger partial charge in [0, 0.05) is 76.7 Å². The number of benzene rings is 3. The van der Waals surface area contributed by atoms with Crippen molar-refractivity contribution < 1.29 is 40.8 Å². The Bertz CT molecular complexity index is 2180. The van der Waals surface area contributed by atoms with E-state index in [-0.39, 0.29) is 18.7 Å². The van der Waals surface area contributed by atoms with Crippen LogP contribution in [-0.2, 0) is 33.1 Å². The first-order chi connectivity index (χ1) is 23.9. The molecule has 7 rings (SSSR count). The van der Waals surface area contributed by atoms with Crippen molar-refractivity contribution in [2.45, 2.75) is 38.5 Å². The normalized spacial score (nSPS) is 17.4. The predicted octanol–water partition coefficient (Wildman–Crippen LogP) is 0.119. The summed E-state index contributed by atoms with van der Waals surface area (Å²) in [4.78, 5) is 18.1. The lowest BCUT2D eigenvalue weighted by Crippen LogP contribution is -2.89. The van der Waals surface area contributed by atoms with Gasteiger partial charge in [-0.1, -0.05) is 18.2 Å². The molecule has 0 bridgehead atoms. The van der Waals surface area contributed by atoms with E-state index in [2.05, 4.69) is 26.9 Å². The van der Waals surface area contributed by atoms with Crippen LogP contribution in [0.5, 0.6) is 11.5 Å². The van der Waals surface area contributed by atoms with Gasteiger partial charge in [-0.05, 0) is 55.0 Å². The Morgan fingerprint density at radius 3 is 2.36 bits per heavy atom. The molecule has 1 saturated heterocycles. The molecule has 0 radical (unpaired) electrons. The van der Waals surface area contributed by atoms with Gasteiger partial charge in [-0.15, -0.1) is 0 Å². The summed E-state index contributed by atoms with van der Waals surface area (Å²) in [5.41, 5.74) is 6.35. The summed E-state index contributed by atoms with van der Waals surface area (Å²) in [5.74, 6) is 0.376. The van der Waals surface area contributed by atoms with Gasteiger partial charge in [-0.2, -0.15) is 0 Å². The Morgan fingerprint density at radius 2 is 1.58 bits per heavy atom. The van der Waals surface area contributed by atoms with E-state index < -0.39 is 31.7 Å². The highest BCUT2D eigenvalue weighted by Gasteiger charge is 2.31. The fourth-order valence-electron chi connectivity index (χ4n) is 7.83. The Kier molecular flexibility index (Phi) is 9.74. The molecule has 4 aliphatic heterocycles. The SMILES string of the molecule is O=C(c1ccccc1C1=c2cc3c(cc2Oc2cc4c(cc21)CCCN4CCCS(=O)(=O)[O-])=[N+](CCCS(=O)(=O)[O-])CCC3)N1CC[NH2+]CC1. The second kappa shape index (κ2) is 14.1. The van der Waals surface area contributed by atoms with Crippen molar-refractivity contribution in [3.05, 3.63) is 86.9 Å². The molecule has 266 valence electrons. The summed E-state index contributed by atoms with van der Waals surface area (Å²) in [6.45, 7) is 5.36. The molecule has 1 amide bonds. The van der Waals surface area contributed by atoms with Crippen LogP contribution in [0.1, 0.15) is 58.3 Å². The van der Waals surface area contributed by atoms with E-state index in [0.29, 0.717) is 43.2 Å². The molecular weight excluding hydrogens is 681 g/mol. The lowest BCUT2D eigenvalue weighted by Gasteiger charge is -2.34. The number of anilines is 1. The van der Waals surface area contributed by atoms with Crippen molar-refractivity contribution in [2.24, 2.45) is 0 Å². The molecule has 4 aliphatic rings. The maximum Gasteiger partial charge on any atom is 0.254 e. The first kappa shape index (κ1) is 34.6. The summed E-state index contributed by atoms with van der Waals surface area (Å²) in [6, 6.07) is 16.0. The van der Waals surface area contributed by atoms with Crippen LogP contribution >= 0.6 is 0 Å². The van der Waals surface area contributed by atoms with Crippen molar-refractivity contribution in [2.75, 3.05) is 68.8 Å². The van der Waals surface area contributed by atoms with Gasteiger partial charge in [0.25, 0.3) is 5.91 Å². The second-order valence-electron chi connectivity index (χ2n) is 13.5. The van der Waals surface area contributed by atoms with Crippen LogP contribution in [0.15, 0.2) is 48.5 Å². The molecule has 2 N–H and O–H groups in total. The lowest BCUT2D eigenvalue weighted by atomic mass is 9.86. The molecule has 3 aromatic rings. The van der Waals surface area contributed by atoms with Crippen molar-refractivity contribution in [3.63, 3.8) is 0 Å². The van der Waals surface area contributed by atoms with Gasteiger partial charge in [-0.25, -0.2) is 21.4 Å². The summed E-state index contributed by atoms with van der Waals surface area (Å²) >= 11 is 0. The lowest BCUT2D eigenvalue weighted by molar-refractivity contribution is -0.661. The number of fused-ring (bicyclic) bond motifs is 4. The molecule has 3 aromatic carbocycles. The van der Waals surface area contributed by atoms with Gasteiger partial charge in [0.1, 0.15) is 24.6 Å². The van der Waals surface area contributed by atoms with Crippen molar-refractivity contribution in [1.82, 2.24) is 9.48 Å². The summed E-state index contributed by atoms with van der Waals surface area (Å²) in [5, 5.41) is 4.03.